The molecule has 1 aromatic heterocycles. The van der Waals surface area contributed by atoms with Crippen LogP contribution in [0.1, 0.15) is 11.1 Å². The maximum absolute atomic E-state index is 13.3. The fourth-order valence-electron chi connectivity index (χ4n) is 3.18. The Morgan fingerprint density at radius 3 is 2.59 bits per heavy atom. The molecule has 0 amide bonds. The molecule has 0 aliphatic carbocycles. The number of hydrogen-bond acceptors (Lipinski definition) is 4. The topological polar surface area (TPSA) is 56.5 Å². The highest BCUT2D eigenvalue weighted by molar-refractivity contribution is 6.30. The summed E-state index contributed by atoms with van der Waals surface area (Å²) in [5.41, 5.74) is -0.464. The van der Waals surface area contributed by atoms with Crippen LogP contribution in [0.3, 0.4) is 0 Å². The number of rotatable bonds is 4. The van der Waals surface area contributed by atoms with Gasteiger partial charge in [0.05, 0.1) is 29.8 Å². The van der Waals surface area contributed by atoms with Gasteiger partial charge in [0.25, 0.3) is 5.56 Å². The van der Waals surface area contributed by atoms with Gasteiger partial charge in [-0.05, 0) is 42.5 Å². The van der Waals surface area contributed by atoms with E-state index < -0.39 is 17.3 Å². The lowest BCUT2D eigenvalue weighted by Gasteiger charge is -2.12. The van der Waals surface area contributed by atoms with Crippen LogP contribution in [0.15, 0.2) is 76.6 Å². The van der Waals surface area contributed by atoms with Gasteiger partial charge >= 0.3 is 6.18 Å². The van der Waals surface area contributed by atoms with Gasteiger partial charge in [0.2, 0.25) is 0 Å². The van der Waals surface area contributed by atoms with Gasteiger partial charge in [-0.2, -0.15) is 22.9 Å². The molecule has 0 saturated carbocycles. The third-order valence-electron chi connectivity index (χ3n) is 4.71. The first-order valence-corrected chi connectivity index (χ1v) is 9.73. The number of aromatic nitrogens is 2. The third-order valence-corrected chi connectivity index (χ3v) is 4.94. The Bertz CT molecular complexity index is 1400. The lowest BCUT2D eigenvalue weighted by atomic mass is 10.1. The first-order valence-electron chi connectivity index (χ1n) is 9.35. The molecule has 1 heterocycles. The largest absolute Gasteiger partial charge is 0.496 e. The maximum atomic E-state index is 13.3. The first kappa shape index (κ1) is 21.6. The van der Waals surface area contributed by atoms with Crippen molar-refractivity contribution >= 4 is 28.7 Å². The number of halogens is 4. The van der Waals surface area contributed by atoms with Crippen LogP contribution in [0.2, 0.25) is 5.02 Å². The zero-order valence-corrected chi connectivity index (χ0v) is 17.4. The molecule has 0 fully saturated rings. The lowest BCUT2D eigenvalue weighted by Crippen LogP contribution is -2.20. The van der Waals surface area contributed by atoms with Crippen molar-refractivity contribution in [3.05, 3.63) is 93.2 Å². The number of alkyl halides is 3. The van der Waals surface area contributed by atoms with Crippen molar-refractivity contribution in [2.24, 2.45) is 5.10 Å². The van der Waals surface area contributed by atoms with E-state index >= 15 is 0 Å². The Labute approximate surface area is 185 Å². The molecule has 0 aliphatic heterocycles. The summed E-state index contributed by atoms with van der Waals surface area (Å²) in [4.78, 5) is 17.6. The molecule has 0 atom stereocenters. The van der Waals surface area contributed by atoms with Gasteiger partial charge in [0.1, 0.15) is 5.75 Å². The number of para-hydroxylation sites is 1. The standard InChI is InChI=1S/C23H15ClF3N3O2/c1-32-20-10-9-17(24)12-15(20)13-28-30-21(14-5-4-6-16(11-14)23(25,26)27)29-19-8-3-2-7-18(19)22(30)31/h2-13H,1H3. The van der Waals surface area contributed by atoms with E-state index in [1.165, 1.54) is 25.5 Å². The molecule has 0 saturated heterocycles. The number of benzene rings is 3. The minimum absolute atomic E-state index is 0.0305. The second kappa shape index (κ2) is 8.47. The minimum Gasteiger partial charge on any atom is -0.496 e. The quantitative estimate of drug-likeness (QED) is 0.373. The normalized spacial score (nSPS) is 11.9. The van der Waals surface area contributed by atoms with Crippen molar-refractivity contribution in [2.75, 3.05) is 7.11 Å². The molecule has 0 spiro atoms. The Balaban J connectivity index is 1.95. The number of ether oxygens (including phenoxy) is 1. The van der Waals surface area contributed by atoms with Crippen molar-refractivity contribution < 1.29 is 17.9 Å². The molecular weight excluding hydrogens is 443 g/mol. The molecule has 4 aromatic rings. The van der Waals surface area contributed by atoms with Crippen molar-refractivity contribution in [3.8, 4) is 17.1 Å². The summed E-state index contributed by atoms with van der Waals surface area (Å²) in [6.07, 6.45) is -3.20. The minimum atomic E-state index is -4.55. The highest BCUT2D eigenvalue weighted by atomic mass is 35.5. The molecule has 3 aromatic carbocycles. The highest BCUT2D eigenvalue weighted by Crippen LogP contribution is 2.32. The molecule has 4 rings (SSSR count). The molecule has 0 aliphatic rings. The number of fused-ring (bicyclic) bond motifs is 1. The van der Waals surface area contributed by atoms with Crippen LogP contribution in [0.5, 0.6) is 5.75 Å². The van der Waals surface area contributed by atoms with Gasteiger partial charge in [-0.15, -0.1) is 0 Å². The van der Waals surface area contributed by atoms with Crippen LogP contribution >= 0.6 is 11.6 Å². The monoisotopic (exact) mass is 457 g/mol. The molecule has 32 heavy (non-hydrogen) atoms. The molecule has 5 nitrogen and oxygen atoms in total. The number of methoxy groups -OCH3 is 1. The van der Waals surface area contributed by atoms with Gasteiger partial charge in [-0.25, -0.2) is 4.98 Å². The summed E-state index contributed by atoms with van der Waals surface area (Å²) >= 11 is 6.05. The molecule has 0 bridgehead atoms. The summed E-state index contributed by atoms with van der Waals surface area (Å²) in [7, 11) is 1.47. The average molecular weight is 458 g/mol. The smallest absolute Gasteiger partial charge is 0.416 e. The molecular formula is C23H15ClF3N3O2. The highest BCUT2D eigenvalue weighted by Gasteiger charge is 2.31. The van der Waals surface area contributed by atoms with Crippen LogP contribution in [0, 0.1) is 0 Å². The summed E-state index contributed by atoms with van der Waals surface area (Å²) < 4.78 is 46.0. The zero-order valence-electron chi connectivity index (χ0n) is 16.6. The van der Waals surface area contributed by atoms with Gasteiger partial charge < -0.3 is 4.74 Å². The van der Waals surface area contributed by atoms with Gasteiger partial charge in [0, 0.05) is 16.1 Å². The van der Waals surface area contributed by atoms with Crippen LogP contribution < -0.4 is 10.3 Å². The maximum Gasteiger partial charge on any atom is 0.416 e. The van der Waals surface area contributed by atoms with Crippen LogP contribution in [0.4, 0.5) is 13.2 Å². The summed E-state index contributed by atoms with van der Waals surface area (Å²) in [6.45, 7) is 0. The van der Waals surface area contributed by atoms with Crippen molar-refractivity contribution in [3.63, 3.8) is 0 Å². The van der Waals surface area contributed by atoms with E-state index in [1.54, 1.807) is 42.5 Å². The van der Waals surface area contributed by atoms with E-state index in [0.717, 1.165) is 16.8 Å². The molecule has 0 N–H and O–H groups in total. The second-order valence-corrected chi connectivity index (χ2v) is 7.22. The van der Waals surface area contributed by atoms with Crippen molar-refractivity contribution in [1.29, 1.82) is 0 Å². The van der Waals surface area contributed by atoms with Crippen LogP contribution in [0.25, 0.3) is 22.3 Å². The molecule has 0 unspecified atom stereocenters. The summed E-state index contributed by atoms with van der Waals surface area (Å²) in [5.74, 6) is 0.428. The SMILES string of the molecule is COc1ccc(Cl)cc1C=Nn1c(-c2cccc(C(F)(F)F)c2)nc2ccccc2c1=O. The Kier molecular flexibility index (Phi) is 5.71. The van der Waals surface area contributed by atoms with Gasteiger partial charge in [-0.3, -0.25) is 4.79 Å². The molecule has 0 radical (unpaired) electrons. The first-order chi connectivity index (χ1) is 15.3. The zero-order chi connectivity index (χ0) is 22.9. The Morgan fingerprint density at radius 1 is 1.06 bits per heavy atom. The van der Waals surface area contributed by atoms with Gasteiger partial charge in [-0.1, -0.05) is 35.9 Å². The predicted molar refractivity (Wildman–Crippen MR) is 117 cm³/mol. The molecule has 162 valence electrons. The summed E-state index contributed by atoms with van der Waals surface area (Å²) in [5, 5.41) is 4.94. The lowest BCUT2D eigenvalue weighted by molar-refractivity contribution is -0.137. The van der Waals surface area contributed by atoms with Crippen LogP contribution in [-0.4, -0.2) is 23.0 Å². The van der Waals surface area contributed by atoms with E-state index in [2.05, 4.69) is 10.1 Å². The third kappa shape index (κ3) is 4.22. The van der Waals surface area contributed by atoms with E-state index in [9.17, 15) is 18.0 Å². The number of hydrogen-bond donors (Lipinski definition) is 0. The predicted octanol–water partition coefficient (Wildman–Crippen LogP) is 5.63. The fourth-order valence-corrected chi connectivity index (χ4v) is 3.36. The van der Waals surface area contributed by atoms with Gasteiger partial charge in [0.15, 0.2) is 5.82 Å². The van der Waals surface area contributed by atoms with E-state index in [4.69, 9.17) is 16.3 Å². The average Bonchev–Trinajstić information content (AvgIpc) is 2.78. The second-order valence-electron chi connectivity index (χ2n) is 6.78. The number of nitrogens with zero attached hydrogens (tertiary/aromatic N) is 3. The van der Waals surface area contributed by atoms with Crippen LogP contribution in [-0.2, 0) is 6.18 Å². The summed E-state index contributed by atoms with van der Waals surface area (Å²) in [6, 6.07) is 16.0. The van der Waals surface area contributed by atoms with E-state index in [-0.39, 0.29) is 16.8 Å². The van der Waals surface area contributed by atoms with E-state index in [1.807, 2.05) is 0 Å². The van der Waals surface area contributed by atoms with Crippen molar-refractivity contribution in [1.82, 2.24) is 9.66 Å². The van der Waals surface area contributed by atoms with E-state index in [0.29, 0.717) is 21.9 Å². The molecule has 9 heteroatoms. The van der Waals surface area contributed by atoms with Crippen molar-refractivity contribution in [2.45, 2.75) is 6.18 Å². The fraction of sp³-hybridized carbons (Fsp3) is 0.0870. The Hall–Kier alpha value is -3.65. The Morgan fingerprint density at radius 2 is 1.84 bits per heavy atom.